The molecule has 1 amide bonds. The maximum atomic E-state index is 12.7. The molecule has 0 atom stereocenters. The van der Waals surface area contributed by atoms with Gasteiger partial charge in [0.2, 0.25) is 0 Å². The predicted octanol–water partition coefficient (Wildman–Crippen LogP) is 3.39. The summed E-state index contributed by atoms with van der Waals surface area (Å²) in [6, 6.07) is 16.7. The fourth-order valence-corrected chi connectivity index (χ4v) is 2.99. The minimum Gasteiger partial charge on any atom is -0.451 e. The predicted molar refractivity (Wildman–Crippen MR) is 115 cm³/mol. The summed E-state index contributed by atoms with van der Waals surface area (Å²) in [7, 11) is 0. The molecule has 0 unspecified atom stereocenters. The SMILES string of the molecule is Cc1cc(N(CCC#N)C(=O)COC(=O)c2cn(Cc3ccccc3)nn2)ccc1Cl. The molecule has 0 aliphatic heterocycles. The first kappa shape index (κ1) is 22.0. The summed E-state index contributed by atoms with van der Waals surface area (Å²) in [6.45, 7) is 1.95. The van der Waals surface area contributed by atoms with Gasteiger partial charge in [-0.25, -0.2) is 9.48 Å². The molecule has 0 fully saturated rings. The molecule has 2 aromatic carbocycles. The lowest BCUT2D eigenvalue weighted by Crippen LogP contribution is -2.35. The number of amides is 1. The Morgan fingerprint density at radius 1 is 1.23 bits per heavy atom. The third-order valence-corrected chi connectivity index (χ3v) is 4.89. The van der Waals surface area contributed by atoms with Gasteiger partial charge in [-0.3, -0.25) is 4.79 Å². The number of nitriles is 1. The third kappa shape index (κ3) is 5.90. The Morgan fingerprint density at radius 3 is 2.71 bits per heavy atom. The zero-order valence-electron chi connectivity index (χ0n) is 16.9. The lowest BCUT2D eigenvalue weighted by atomic mass is 10.2. The van der Waals surface area contributed by atoms with E-state index in [4.69, 9.17) is 21.6 Å². The molecule has 9 heteroatoms. The zero-order valence-corrected chi connectivity index (χ0v) is 17.6. The van der Waals surface area contributed by atoms with Crippen molar-refractivity contribution < 1.29 is 14.3 Å². The van der Waals surface area contributed by atoms with Crippen LogP contribution < -0.4 is 4.90 Å². The van der Waals surface area contributed by atoms with Crippen LogP contribution in [0, 0.1) is 18.3 Å². The Morgan fingerprint density at radius 2 is 2.00 bits per heavy atom. The van der Waals surface area contributed by atoms with Crippen molar-refractivity contribution in [2.45, 2.75) is 19.9 Å². The minimum atomic E-state index is -0.750. The van der Waals surface area contributed by atoms with Gasteiger partial charge < -0.3 is 9.64 Å². The molecule has 8 nitrogen and oxygen atoms in total. The number of carbonyl (C=O) groups is 2. The number of anilines is 1. The van der Waals surface area contributed by atoms with E-state index in [1.54, 1.807) is 18.2 Å². The highest BCUT2D eigenvalue weighted by Gasteiger charge is 2.20. The summed E-state index contributed by atoms with van der Waals surface area (Å²) in [4.78, 5) is 26.4. The first-order valence-corrected chi connectivity index (χ1v) is 9.90. The number of hydrogen-bond acceptors (Lipinski definition) is 6. The van der Waals surface area contributed by atoms with Crippen LogP contribution in [0.2, 0.25) is 5.02 Å². The first-order chi connectivity index (χ1) is 15.0. The summed E-state index contributed by atoms with van der Waals surface area (Å²) in [5.74, 6) is -1.21. The van der Waals surface area contributed by atoms with Gasteiger partial charge in [0, 0.05) is 17.3 Å². The van der Waals surface area contributed by atoms with Gasteiger partial charge in [-0.1, -0.05) is 47.1 Å². The van der Waals surface area contributed by atoms with Crippen LogP contribution in [0.5, 0.6) is 0 Å². The summed E-state index contributed by atoms with van der Waals surface area (Å²) >= 11 is 6.05. The maximum absolute atomic E-state index is 12.7. The average molecular weight is 438 g/mol. The van der Waals surface area contributed by atoms with Gasteiger partial charge in [0.05, 0.1) is 25.2 Å². The second kappa shape index (κ2) is 10.4. The van der Waals surface area contributed by atoms with E-state index >= 15 is 0 Å². The van der Waals surface area contributed by atoms with Crippen LogP contribution in [0.1, 0.15) is 28.0 Å². The number of halogens is 1. The quantitative estimate of drug-likeness (QED) is 0.500. The topological polar surface area (TPSA) is 101 Å². The van der Waals surface area contributed by atoms with Crippen LogP contribution in [0.4, 0.5) is 5.69 Å². The van der Waals surface area contributed by atoms with Gasteiger partial charge in [0.15, 0.2) is 12.3 Å². The molecule has 0 aliphatic rings. The van der Waals surface area contributed by atoms with E-state index in [-0.39, 0.29) is 18.7 Å². The number of rotatable bonds is 8. The van der Waals surface area contributed by atoms with E-state index in [2.05, 4.69) is 10.3 Å². The summed E-state index contributed by atoms with van der Waals surface area (Å²) in [5, 5.41) is 17.2. The first-order valence-electron chi connectivity index (χ1n) is 9.52. The normalized spacial score (nSPS) is 10.4. The van der Waals surface area contributed by atoms with Crippen LogP contribution in [-0.4, -0.2) is 40.0 Å². The molecule has 3 rings (SSSR count). The molecule has 0 bridgehead atoms. The zero-order chi connectivity index (χ0) is 22.2. The molecule has 158 valence electrons. The Bertz CT molecular complexity index is 1110. The molecule has 31 heavy (non-hydrogen) atoms. The molecule has 3 aromatic rings. The summed E-state index contributed by atoms with van der Waals surface area (Å²) < 4.78 is 6.65. The van der Waals surface area contributed by atoms with Crippen LogP contribution in [0.3, 0.4) is 0 Å². The van der Waals surface area contributed by atoms with E-state index < -0.39 is 18.5 Å². The molecule has 0 spiro atoms. The lowest BCUT2D eigenvalue weighted by Gasteiger charge is -2.22. The van der Waals surface area contributed by atoms with Crippen molar-refractivity contribution in [1.82, 2.24) is 15.0 Å². The van der Waals surface area contributed by atoms with Crippen molar-refractivity contribution in [3.05, 3.63) is 76.6 Å². The van der Waals surface area contributed by atoms with Crippen molar-refractivity contribution >= 4 is 29.2 Å². The highest BCUT2D eigenvalue weighted by molar-refractivity contribution is 6.31. The van der Waals surface area contributed by atoms with Gasteiger partial charge in [0.25, 0.3) is 5.91 Å². The summed E-state index contributed by atoms with van der Waals surface area (Å²) in [5.41, 5.74) is 2.39. The van der Waals surface area contributed by atoms with Gasteiger partial charge in [0.1, 0.15) is 0 Å². The van der Waals surface area contributed by atoms with Gasteiger partial charge >= 0.3 is 5.97 Å². The number of esters is 1. The van der Waals surface area contributed by atoms with Gasteiger partial charge in [-0.05, 0) is 36.2 Å². The molecule has 0 saturated heterocycles. The third-order valence-electron chi connectivity index (χ3n) is 4.46. The Balaban J connectivity index is 1.63. The van der Waals surface area contributed by atoms with Crippen molar-refractivity contribution in [2.75, 3.05) is 18.1 Å². The number of carbonyl (C=O) groups excluding carboxylic acids is 2. The van der Waals surface area contributed by atoms with Crippen molar-refractivity contribution in [3.8, 4) is 6.07 Å². The lowest BCUT2D eigenvalue weighted by molar-refractivity contribution is -0.121. The second-order valence-electron chi connectivity index (χ2n) is 6.75. The van der Waals surface area contributed by atoms with Crippen LogP contribution in [0.25, 0.3) is 0 Å². The van der Waals surface area contributed by atoms with E-state index in [0.29, 0.717) is 17.3 Å². The van der Waals surface area contributed by atoms with E-state index in [0.717, 1.165) is 11.1 Å². The summed E-state index contributed by atoms with van der Waals surface area (Å²) in [6.07, 6.45) is 1.60. The van der Waals surface area contributed by atoms with Crippen LogP contribution >= 0.6 is 11.6 Å². The second-order valence-corrected chi connectivity index (χ2v) is 7.16. The molecule has 0 aliphatic carbocycles. The molecule has 0 radical (unpaired) electrons. The number of benzene rings is 2. The number of hydrogen-bond donors (Lipinski definition) is 0. The Kier molecular flexibility index (Phi) is 7.35. The van der Waals surface area contributed by atoms with Gasteiger partial charge in [-0.2, -0.15) is 5.26 Å². The van der Waals surface area contributed by atoms with E-state index in [9.17, 15) is 9.59 Å². The number of nitrogens with zero attached hydrogens (tertiary/aromatic N) is 5. The standard InChI is InChI=1S/C22H20ClN5O3/c1-16-12-18(8-9-19(16)23)28(11-5-10-24)21(29)15-31-22(30)20-14-27(26-25-20)13-17-6-3-2-4-7-17/h2-4,6-9,12,14H,5,11,13,15H2,1H3. The smallest absolute Gasteiger partial charge is 0.361 e. The fourth-order valence-electron chi connectivity index (χ4n) is 2.88. The van der Waals surface area contributed by atoms with Crippen LogP contribution in [0.15, 0.2) is 54.7 Å². The fraction of sp³-hybridized carbons (Fsp3) is 0.227. The number of aromatic nitrogens is 3. The Hall–Kier alpha value is -3.70. The molecule has 1 aromatic heterocycles. The monoisotopic (exact) mass is 437 g/mol. The van der Waals surface area contributed by atoms with Crippen molar-refractivity contribution in [3.63, 3.8) is 0 Å². The maximum Gasteiger partial charge on any atom is 0.361 e. The Labute approximate surface area is 184 Å². The highest BCUT2D eigenvalue weighted by atomic mass is 35.5. The minimum absolute atomic E-state index is 0.00893. The molecular formula is C22H20ClN5O3. The molecule has 0 N–H and O–H groups in total. The number of aryl methyl sites for hydroxylation is 1. The van der Waals surface area contributed by atoms with E-state index in [1.807, 2.05) is 43.3 Å². The number of ether oxygens (including phenoxy) is 1. The van der Waals surface area contributed by atoms with Crippen LogP contribution in [-0.2, 0) is 16.1 Å². The molecular weight excluding hydrogens is 418 g/mol. The largest absolute Gasteiger partial charge is 0.451 e. The highest BCUT2D eigenvalue weighted by Crippen LogP contribution is 2.23. The molecule has 0 saturated carbocycles. The van der Waals surface area contributed by atoms with Crippen molar-refractivity contribution in [1.29, 1.82) is 5.26 Å². The van der Waals surface area contributed by atoms with Crippen molar-refractivity contribution in [2.24, 2.45) is 0 Å². The average Bonchev–Trinajstić information content (AvgIpc) is 3.24. The van der Waals surface area contributed by atoms with E-state index in [1.165, 1.54) is 15.8 Å². The molecule has 1 heterocycles. The van der Waals surface area contributed by atoms with Gasteiger partial charge in [-0.15, -0.1) is 5.10 Å².